The van der Waals surface area contributed by atoms with Crippen LogP contribution in [0.4, 0.5) is 5.69 Å². The Bertz CT molecular complexity index is 1400. The number of anilines is 1. The number of aryl methyl sites for hydroxylation is 2. The lowest BCUT2D eigenvalue weighted by Gasteiger charge is -2.19. The molecule has 2 aliphatic rings. The molecule has 182 valence electrons. The van der Waals surface area contributed by atoms with Crippen molar-refractivity contribution >= 4 is 22.6 Å². The first kappa shape index (κ1) is 24.5. The van der Waals surface area contributed by atoms with Gasteiger partial charge >= 0.3 is 5.97 Å². The SMILES string of the molecule is CCCCNc1cc2oc3cc(=[NH+]CCCC)c(C)cc-3c(-c3ccccc3C(=O)O)c2cc1C. The molecule has 0 unspecified atom stereocenters. The lowest BCUT2D eigenvalue weighted by molar-refractivity contribution is -0.501. The molecule has 0 aromatic heterocycles. The maximum atomic E-state index is 12.2. The Balaban J connectivity index is 2.05. The average Bonchev–Trinajstić information content (AvgIpc) is 2.84. The lowest BCUT2D eigenvalue weighted by atomic mass is 9.89. The van der Waals surface area contributed by atoms with Crippen molar-refractivity contribution in [2.45, 2.75) is 53.4 Å². The molecule has 0 bridgehead atoms. The summed E-state index contributed by atoms with van der Waals surface area (Å²) in [6.07, 6.45) is 4.43. The second-order valence-corrected chi connectivity index (χ2v) is 9.22. The number of hydrogen-bond donors (Lipinski definition) is 3. The number of carboxylic acids is 1. The summed E-state index contributed by atoms with van der Waals surface area (Å²) >= 11 is 0. The van der Waals surface area contributed by atoms with E-state index in [0.29, 0.717) is 5.56 Å². The fraction of sp³-hybridized carbons (Fsp3) is 0.333. The Morgan fingerprint density at radius 3 is 2.49 bits per heavy atom. The van der Waals surface area contributed by atoms with Gasteiger partial charge in [0, 0.05) is 46.8 Å². The van der Waals surface area contributed by atoms with Gasteiger partial charge in [-0.15, -0.1) is 0 Å². The summed E-state index contributed by atoms with van der Waals surface area (Å²) in [4.78, 5) is 15.7. The van der Waals surface area contributed by atoms with E-state index in [-0.39, 0.29) is 5.56 Å². The number of benzene rings is 3. The number of fused-ring (bicyclic) bond motifs is 2. The predicted molar refractivity (Wildman–Crippen MR) is 142 cm³/mol. The predicted octanol–water partition coefficient (Wildman–Crippen LogP) is 5.51. The molecule has 1 heterocycles. The molecular formula is C30H35N2O3+. The molecule has 5 heteroatoms. The van der Waals surface area contributed by atoms with Crippen LogP contribution < -0.4 is 15.7 Å². The van der Waals surface area contributed by atoms with Crippen molar-refractivity contribution in [3.05, 3.63) is 70.6 Å². The van der Waals surface area contributed by atoms with Crippen LogP contribution in [0.3, 0.4) is 0 Å². The average molecular weight is 472 g/mol. The number of carbonyl (C=O) groups is 1. The summed E-state index contributed by atoms with van der Waals surface area (Å²) in [6, 6.07) is 15.6. The molecule has 0 fully saturated rings. The van der Waals surface area contributed by atoms with Gasteiger partial charge in [-0.05, 0) is 49.6 Å². The first-order valence-corrected chi connectivity index (χ1v) is 12.6. The van der Waals surface area contributed by atoms with Gasteiger partial charge in [-0.1, -0.05) is 44.9 Å². The van der Waals surface area contributed by atoms with Crippen molar-refractivity contribution in [1.29, 1.82) is 0 Å². The molecular weight excluding hydrogens is 436 g/mol. The number of hydrogen-bond acceptors (Lipinski definition) is 3. The summed E-state index contributed by atoms with van der Waals surface area (Å²) in [5.41, 5.74) is 6.77. The Labute approximate surface area is 206 Å². The maximum Gasteiger partial charge on any atom is 0.336 e. The lowest BCUT2D eigenvalue weighted by Crippen LogP contribution is -2.77. The molecule has 5 nitrogen and oxygen atoms in total. The molecule has 0 radical (unpaired) electrons. The van der Waals surface area contributed by atoms with Crippen molar-refractivity contribution in [3.8, 4) is 22.5 Å². The maximum absolute atomic E-state index is 12.2. The molecule has 2 aromatic rings. The normalized spacial score (nSPS) is 11.9. The van der Waals surface area contributed by atoms with Gasteiger partial charge < -0.3 is 14.8 Å². The first-order chi connectivity index (χ1) is 16.9. The van der Waals surface area contributed by atoms with E-state index in [1.54, 1.807) is 12.1 Å². The van der Waals surface area contributed by atoms with E-state index in [1.807, 2.05) is 12.1 Å². The number of nitrogens with one attached hydrogen (secondary N) is 2. The monoisotopic (exact) mass is 471 g/mol. The van der Waals surface area contributed by atoms with Gasteiger partial charge in [0.05, 0.1) is 11.6 Å². The summed E-state index contributed by atoms with van der Waals surface area (Å²) in [5, 5.41) is 15.5. The third kappa shape index (κ3) is 5.09. The highest BCUT2D eigenvalue weighted by atomic mass is 16.4. The van der Waals surface area contributed by atoms with E-state index < -0.39 is 5.97 Å². The summed E-state index contributed by atoms with van der Waals surface area (Å²) in [5.74, 6) is -0.201. The number of unbranched alkanes of at least 4 members (excludes halogenated alkanes) is 2. The van der Waals surface area contributed by atoms with Gasteiger partial charge in [0.2, 0.25) is 5.36 Å². The van der Waals surface area contributed by atoms with E-state index >= 15 is 0 Å². The zero-order chi connectivity index (χ0) is 24.9. The van der Waals surface area contributed by atoms with Crippen LogP contribution in [0.5, 0.6) is 0 Å². The summed E-state index contributed by atoms with van der Waals surface area (Å²) < 4.78 is 6.49. The van der Waals surface area contributed by atoms with Gasteiger partial charge in [-0.3, -0.25) is 0 Å². The zero-order valence-corrected chi connectivity index (χ0v) is 21.1. The van der Waals surface area contributed by atoms with Gasteiger partial charge in [0.1, 0.15) is 17.9 Å². The highest BCUT2D eigenvalue weighted by Crippen LogP contribution is 2.42. The quantitative estimate of drug-likeness (QED) is 0.222. The summed E-state index contributed by atoms with van der Waals surface area (Å²) in [7, 11) is 0. The van der Waals surface area contributed by atoms with Crippen LogP contribution in [0.2, 0.25) is 0 Å². The molecule has 1 aliphatic heterocycles. The van der Waals surface area contributed by atoms with Gasteiger partial charge in [0.15, 0.2) is 0 Å². The van der Waals surface area contributed by atoms with Gasteiger partial charge in [-0.25, -0.2) is 9.79 Å². The first-order valence-electron chi connectivity index (χ1n) is 12.6. The second kappa shape index (κ2) is 10.8. The third-order valence-electron chi connectivity index (χ3n) is 6.53. The molecule has 4 rings (SSSR count). The Hall–Kier alpha value is -3.60. The smallest absolute Gasteiger partial charge is 0.336 e. The molecule has 0 saturated heterocycles. The number of carboxylic acid groups (broad SMARTS) is 1. The Morgan fingerprint density at radius 2 is 1.74 bits per heavy atom. The highest BCUT2D eigenvalue weighted by molar-refractivity contribution is 6.08. The minimum atomic E-state index is -0.938. The highest BCUT2D eigenvalue weighted by Gasteiger charge is 2.23. The van der Waals surface area contributed by atoms with E-state index in [4.69, 9.17) is 4.42 Å². The molecule has 0 atom stereocenters. The fourth-order valence-corrected chi connectivity index (χ4v) is 4.56. The molecule has 2 aromatic carbocycles. The van der Waals surface area contributed by atoms with Crippen LogP contribution in [0.15, 0.2) is 52.9 Å². The van der Waals surface area contributed by atoms with Crippen molar-refractivity contribution < 1.29 is 19.3 Å². The molecule has 0 spiro atoms. The van der Waals surface area contributed by atoms with E-state index in [9.17, 15) is 9.90 Å². The molecule has 35 heavy (non-hydrogen) atoms. The van der Waals surface area contributed by atoms with Crippen LogP contribution in [0.1, 0.15) is 61.0 Å². The van der Waals surface area contributed by atoms with E-state index in [0.717, 1.165) is 88.8 Å². The van der Waals surface area contributed by atoms with Crippen molar-refractivity contribution in [1.82, 2.24) is 0 Å². The van der Waals surface area contributed by atoms with Crippen molar-refractivity contribution in [3.63, 3.8) is 0 Å². The summed E-state index contributed by atoms with van der Waals surface area (Å²) in [6.45, 7) is 10.3. The van der Waals surface area contributed by atoms with E-state index in [1.165, 1.54) is 0 Å². The van der Waals surface area contributed by atoms with Crippen molar-refractivity contribution in [2.75, 3.05) is 18.4 Å². The molecule has 3 N–H and O–H groups in total. The Morgan fingerprint density at radius 1 is 0.971 bits per heavy atom. The minimum Gasteiger partial charge on any atom is -0.478 e. The fourth-order valence-electron chi connectivity index (χ4n) is 4.56. The van der Waals surface area contributed by atoms with E-state index in [2.05, 4.69) is 62.3 Å². The minimum absolute atomic E-state index is 0.284. The number of rotatable bonds is 9. The van der Waals surface area contributed by atoms with Crippen LogP contribution in [0, 0.1) is 13.8 Å². The molecule has 0 amide bonds. The largest absolute Gasteiger partial charge is 0.478 e. The molecule has 0 saturated carbocycles. The standard InChI is InChI=1S/C30H34N2O3/c1-5-7-13-31-25-17-27-23(15-19(25)3)29(21-11-9-10-12-22(21)30(33)34)24-16-20(4)26(18-28(24)35-27)32-14-8-6-2/h9-12,15-18,31H,5-8,13-14H2,1-4H3,(H,33,34)/p+1. The van der Waals surface area contributed by atoms with Crippen molar-refractivity contribution in [2.24, 2.45) is 0 Å². The van der Waals surface area contributed by atoms with Crippen LogP contribution in [-0.4, -0.2) is 24.2 Å². The number of aromatic carboxylic acids is 1. The van der Waals surface area contributed by atoms with Crippen LogP contribution in [0.25, 0.3) is 33.4 Å². The Kier molecular flexibility index (Phi) is 7.54. The van der Waals surface area contributed by atoms with Crippen LogP contribution in [-0.2, 0) is 0 Å². The zero-order valence-electron chi connectivity index (χ0n) is 21.1. The third-order valence-corrected chi connectivity index (χ3v) is 6.53. The van der Waals surface area contributed by atoms with Gasteiger partial charge in [0.25, 0.3) is 0 Å². The topological polar surface area (TPSA) is 76.4 Å². The van der Waals surface area contributed by atoms with Crippen LogP contribution >= 0.6 is 0 Å². The second-order valence-electron chi connectivity index (χ2n) is 9.22. The van der Waals surface area contributed by atoms with Gasteiger partial charge in [-0.2, -0.15) is 0 Å². The molecule has 1 aliphatic carbocycles.